The molecule has 1 aliphatic carbocycles. The smallest absolute Gasteiger partial charge is 0.127 e. The SMILES string of the molecule is Cc1ncc(-c2cc(-c3cn[nH]c3)nc3sc(S(=O)C4CCC4)c(N)c23)n1C. The van der Waals surface area contributed by atoms with Gasteiger partial charge in [-0.3, -0.25) is 9.31 Å². The third-order valence-electron chi connectivity index (χ3n) is 5.49. The molecule has 1 unspecified atom stereocenters. The van der Waals surface area contributed by atoms with Crippen molar-refractivity contribution < 1.29 is 4.21 Å². The molecule has 5 rings (SSSR count). The van der Waals surface area contributed by atoms with Crippen LogP contribution in [0, 0.1) is 6.92 Å². The molecule has 1 saturated carbocycles. The number of hydrogen-bond acceptors (Lipinski definition) is 6. The van der Waals surface area contributed by atoms with Crippen molar-refractivity contribution in [2.24, 2.45) is 7.05 Å². The molecule has 0 spiro atoms. The summed E-state index contributed by atoms with van der Waals surface area (Å²) < 4.78 is 15.8. The van der Waals surface area contributed by atoms with Gasteiger partial charge in [-0.25, -0.2) is 9.97 Å². The van der Waals surface area contributed by atoms with Gasteiger partial charge in [0.1, 0.15) is 14.9 Å². The molecule has 4 aromatic rings. The molecule has 9 heteroatoms. The first kappa shape index (κ1) is 17.6. The van der Waals surface area contributed by atoms with Crippen LogP contribution in [0.5, 0.6) is 0 Å². The second-order valence-corrected chi connectivity index (χ2v) is 10.1. The molecule has 0 aliphatic heterocycles. The van der Waals surface area contributed by atoms with E-state index in [1.54, 1.807) is 6.20 Å². The van der Waals surface area contributed by atoms with Crippen molar-refractivity contribution in [1.29, 1.82) is 0 Å². The van der Waals surface area contributed by atoms with Crippen molar-refractivity contribution in [2.45, 2.75) is 35.6 Å². The van der Waals surface area contributed by atoms with E-state index in [4.69, 9.17) is 10.7 Å². The Kier molecular flexibility index (Phi) is 4.09. The Morgan fingerprint density at radius 1 is 1.36 bits per heavy atom. The van der Waals surface area contributed by atoms with Crippen molar-refractivity contribution >= 4 is 38.0 Å². The number of aromatic nitrogens is 5. The van der Waals surface area contributed by atoms with E-state index in [0.29, 0.717) is 5.69 Å². The molecule has 0 radical (unpaired) electrons. The Hall–Kier alpha value is -2.52. The van der Waals surface area contributed by atoms with Gasteiger partial charge < -0.3 is 10.3 Å². The number of nitrogens with zero attached hydrogens (tertiary/aromatic N) is 4. The molecule has 4 heterocycles. The van der Waals surface area contributed by atoms with Crippen LogP contribution in [0.1, 0.15) is 25.1 Å². The van der Waals surface area contributed by atoms with E-state index in [2.05, 4.69) is 15.2 Å². The minimum absolute atomic E-state index is 0.214. The molecule has 28 heavy (non-hydrogen) atoms. The zero-order chi connectivity index (χ0) is 19.4. The van der Waals surface area contributed by atoms with Crippen molar-refractivity contribution in [1.82, 2.24) is 24.7 Å². The fourth-order valence-electron chi connectivity index (χ4n) is 3.48. The van der Waals surface area contributed by atoms with Crippen LogP contribution >= 0.6 is 11.3 Å². The van der Waals surface area contributed by atoms with Crippen LogP contribution in [0.4, 0.5) is 5.69 Å². The zero-order valence-electron chi connectivity index (χ0n) is 15.6. The van der Waals surface area contributed by atoms with E-state index in [1.165, 1.54) is 11.3 Å². The van der Waals surface area contributed by atoms with Crippen LogP contribution in [0.25, 0.3) is 32.7 Å². The van der Waals surface area contributed by atoms with Crippen LogP contribution in [0.2, 0.25) is 0 Å². The van der Waals surface area contributed by atoms with E-state index in [1.807, 2.05) is 37.0 Å². The highest BCUT2D eigenvalue weighted by Crippen LogP contribution is 2.44. The number of H-pyrrole nitrogens is 1. The maximum Gasteiger partial charge on any atom is 0.127 e. The average Bonchev–Trinajstić information content (AvgIpc) is 3.34. The number of hydrogen-bond donors (Lipinski definition) is 2. The number of pyridine rings is 1. The Morgan fingerprint density at radius 2 is 2.18 bits per heavy atom. The Balaban J connectivity index is 1.78. The number of nitrogen functional groups attached to an aromatic ring is 1. The van der Waals surface area contributed by atoms with E-state index >= 15 is 0 Å². The quantitative estimate of drug-likeness (QED) is 0.533. The fourth-order valence-corrected chi connectivity index (χ4v) is 6.69. The molecular formula is C19H20N6OS2. The van der Waals surface area contributed by atoms with Crippen LogP contribution in [0.3, 0.4) is 0 Å². The number of nitrogens with one attached hydrogen (secondary N) is 1. The largest absolute Gasteiger partial charge is 0.396 e. The number of fused-ring (bicyclic) bond motifs is 1. The van der Waals surface area contributed by atoms with Gasteiger partial charge in [0, 0.05) is 35.0 Å². The maximum atomic E-state index is 13.0. The Bertz CT molecular complexity index is 1200. The van der Waals surface area contributed by atoms with Crippen molar-refractivity contribution in [3.8, 4) is 22.5 Å². The Morgan fingerprint density at radius 3 is 2.79 bits per heavy atom. The van der Waals surface area contributed by atoms with E-state index in [9.17, 15) is 4.21 Å². The number of imidazole rings is 1. The predicted molar refractivity (Wildman–Crippen MR) is 113 cm³/mol. The Labute approximate surface area is 168 Å². The standard InChI is InChI=1S/C19H20N6OS2/c1-10-21-9-15(25(10)2)13-6-14(11-7-22-23-8-11)24-18-16(13)17(20)19(27-18)28(26)12-4-3-5-12/h6-9,12H,3-5,20H2,1-2H3,(H,22,23). The van der Waals surface area contributed by atoms with Crippen LogP contribution in [-0.2, 0) is 17.8 Å². The third-order valence-corrected chi connectivity index (χ3v) is 8.79. The number of aromatic amines is 1. The molecule has 1 aliphatic rings. The van der Waals surface area contributed by atoms with Gasteiger partial charge in [-0.2, -0.15) is 5.10 Å². The minimum Gasteiger partial charge on any atom is -0.396 e. The van der Waals surface area contributed by atoms with Crippen LogP contribution in [0.15, 0.2) is 28.9 Å². The molecule has 3 N–H and O–H groups in total. The van der Waals surface area contributed by atoms with Gasteiger partial charge in [0.2, 0.25) is 0 Å². The van der Waals surface area contributed by atoms with E-state index in [0.717, 1.165) is 62.0 Å². The first-order chi connectivity index (χ1) is 13.5. The lowest BCUT2D eigenvalue weighted by molar-refractivity contribution is 0.505. The second kappa shape index (κ2) is 6.52. The molecule has 1 fully saturated rings. The van der Waals surface area contributed by atoms with Gasteiger partial charge in [-0.15, -0.1) is 11.3 Å². The summed E-state index contributed by atoms with van der Waals surface area (Å²) in [5.74, 6) is 0.914. The molecule has 1 atom stereocenters. The van der Waals surface area contributed by atoms with Gasteiger partial charge in [0.15, 0.2) is 0 Å². The average molecular weight is 413 g/mol. The van der Waals surface area contributed by atoms with Crippen molar-refractivity contribution in [3.05, 3.63) is 30.5 Å². The number of nitrogens with two attached hydrogens (primary N) is 1. The summed E-state index contributed by atoms with van der Waals surface area (Å²) in [4.78, 5) is 10.1. The van der Waals surface area contributed by atoms with Gasteiger partial charge in [-0.05, 0) is 25.8 Å². The molecule has 4 aromatic heterocycles. The molecule has 7 nitrogen and oxygen atoms in total. The summed E-state index contributed by atoms with van der Waals surface area (Å²) in [6.07, 6.45) is 8.56. The number of rotatable bonds is 4. The summed E-state index contributed by atoms with van der Waals surface area (Å²) in [6.45, 7) is 1.97. The number of thiophene rings is 1. The van der Waals surface area contributed by atoms with Gasteiger partial charge in [0.25, 0.3) is 0 Å². The molecule has 144 valence electrons. The maximum absolute atomic E-state index is 13.0. The minimum atomic E-state index is -1.08. The second-order valence-electron chi connectivity index (χ2n) is 7.13. The number of anilines is 1. The van der Waals surface area contributed by atoms with Crippen LogP contribution < -0.4 is 5.73 Å². The van der Waals surface area contributed by atoms with Crippen LogP contribution in [-0.4, -0.2) is 34.2 Å². The summed E-state index contributed by atoms with van der Waals surface area (Å²) in [7, 11) is 0.902. The lowest BCUT2D eigenvalue weighted by atomic mass is 10.0. The van der Waals surface area contributed by atoms with Crippen molar-refractivity contribution in [2.75, 3.05) is 5.73 Å². The lowest BCUT2D eigenvalue weighted by Gasteiger charge is -2.23. The molecular weight excluding hydrogens is 392 g/mol. The molecule has 0 amide bonds. The van der Waals surface area contributed by atoms with Crippen molar-refractivity contribution in [3.63, 3.8) is 0 Å². The first-order valence-corrected chi connectivity index (χ1v) is 11.2. The summed E-state index contributed by atoms with van der Waals surface area (Å²) in [5, 5.41) is 7.96. The predicted octanol–water partition coefficient (Wildman–Crippen LogP) is 3.64. The van der Waals surface area contributed by atoms with Gasteiger partial charge in [-0.1, -0.05) is 6.42 Å². The van der Waals surface area contributed by atoms with E-state index < -0.39 is 10.8 Å². The fraction of sp³-hybridized carbons (Fsp3) is 0.316. The molecule has 0 bridgehead atoms. The lowest BCUT2D eigenvalue weighted by Crippen LogP contribution is -2.23. The highest BCUT2D eigenvalue weighted by molar-refractivity contribution is 7.88. The highest BCUT2D eigenvalue weighted by Gasteiger charge is 2.30. The molecule has 0 saturated heterocycles. The number of aryl methyl sites for hydroxylation is 1. The monoisotopic (exact) mass is 412 g/mol. The molecule has 0 aromatic carbocycles. The third kappa shape index (κ3) is 2.61. The summed E-state index contributed by atoms with van der Waals surface area (Å²) in [5.41, 5.74) is 10.8. The summed E-state index contributed by atoms with van der Waals surface area (Å²) >= 11 is 1.45. The zero-order valence-corrected chi connectivity index (χ0v) is 17.2. The first-order valence-electron chi connectivity index (χ1n) is 9.16. The van der Waals surface area contributed by atoms with Gasteiger partial charge >= 0.3 is 0 Å². The van der Waals surface area contributed by atoms with Gasteiger partial charge in [0.05, 0.1) is 40.3 Å². The normalized spacial score (nSPS) is 15.8. The summed E-state index contributed by atoms with van der Waals surface area (Å²) in [6, 6.07) is 2.02. The van der Waals surface area contributed by atoms with E-state index in [-0.39, 0.29) is 5.25 Å². The highest BCUT2D eigenvalue weighted by atomic mass is 32.2. The topological polar surface area (TPSA) is 102 Å².